The minimum atomic E-state index is -0.849. The Labute approximate surface area is 118 Å². The molecule has 0 spiro atoms. The van der Waals surface area contributed by atoms with E-state index >= 15 is 0 Å². The first-order chi connectivity index (χ1) is 9.58. The summed E-state index contributed by atoms with van der Waals surface area (Å²) in [5, 5.41) is 13.8. The van der Waals surface area contributed by atoms with Crippen LogP contribution >= 0.6 is 0 Å². The normalized spacial score (nSPS) is 10.1. The summed E-state index contributed by atoms with van der Waals surface area (Å²) in [7, 11) is 0. The van der Waals surface area contributed by atoms with Crippen molar-refractivity contribution in [3.63, 3.8) is 0 Å². The van der Waals surface area contributed by atoms with Crippen LogP contribution in [0.15, 0.2) is 18.2 Å². The Hall–Kier alpha value is -2.11. The lowest BCUT2D eigenvalue weighted by molar-refractivity contribution is -0.137. The summed E-state index contributed by atoms with van der Waals surface area (Å²) in [6.45, 7) is 2.89. The number of urea groups is 1. The van der Waals surface area contributed by atoms with Crippen molar-refractivity contribution in [2.45, 2.75) is 32.6 Å². The molecule has 2 amide bonds. The summed E-state index contributed by atoms with van der Waals surface area (Å²) < 4.78 is 0. The van der Waals surface area contributed by atoms with Gasteiger partial charge in [-0.15, -0.1) is 0 Å². The van der Waals surface area contributed by atoms with Crippen molar-refractivity contribution < 1.29 is 14.7 Å². The molecule has 1 aromatic rings. The van der Waals surface area contributed by atoms with E-state index < -0.39 is 5.97 Å². The lowest BCUT2D eigenvalue weighted by Crippen LogP contribution is -2.36. The highest BCUT2D eigenvalue weighted by Gasteiger charge is 2.01. The molecule has 1 heterocycles. The molecule has 0 fully saturated rings. The van der Waals surface area contributed by atoms with Gasteiger partial charge in [0.2, 0.25) is 0 Å². The Bertz CT molecular complexity index is 449. The number of amides is 2. The second-order valence-corrected chi connectivity index (χ2v) is 4.55. The summed E-state index contributed by atoms with van der Waals surface area (Å²) >= 11 is 0. The van der Waals surface area contributed by atoms with Gasteiger partial charge < -0.3 is 15.7 Å². The number of pyridine rings is 1. The van der Waals surface area contributed by atoms with Crippen molar-refractivity contribution in [2.24, 2.45) is 0 Å². The molecule has 1 aromatic heterocycles. The van der Waals surface area contributed by atoms with E-state index in [0.717, 1.165) is 24.2 Å². The number of carbonyl (C=O) groups is 2. The van der Waals surface area contributed by atoms with Crippen molar-refractivity contribution in [1.82, 2.24) is 15.6 Å². The van der Waals surface area contributed by atoms with Crippen molar-refractivity contribution in [2.75, 3.05) is 13.1 Å². The fraction of sp³-hybridized carbons (Fsp3) is 0.500. The lowest BCUT2D eigenvalue weighted by atomic mass is 10.2. The van der Waals surface area contributed by atoms with Gasteiger partial charge in [0.1, 0.15) is 0 Å². The zero-order valence-electron chi connectivity index (χ0n) is 11.7. The molecule has 110 valence electrons. The monoisotopic (exact) mass is 279 g/mol. The summed E-state index contributed by atoms with van der Waals surface area (Å²) in [6, 6.07) is 5.64. The van der Waals surface area contributed by atoms with E-state index in [1.165, 1.54) is 0 Å². The molecule has 0 bridgehead atoms. The highest BCUT2D eigenvalue weighted by Crippen LogP contribution is 2.00. The summed E-state index contributed by atoms with van der Waals surface area (Å²) in [5.41, 5.74) is 2.01. The molecule has 0 saturated carbocycles. The number of carboxylic acid groups (broad SMARTS) is 1. The quantitative estimate of drug-likeness (QED) is 0.629. The number of carbonyl (C=O) groups excluding carboxylic acids is 1. The van der Waals surface area contributed by atoms with Crippen LogP contribution in [0.1, 0.15) is 30.7 Å². The second-order valence-electron chi connectivity index (χ2n) is 4.55. The van der Waals surface area contributed by atoms with Crippen LogP contribution in [0.25, 0.3) is 0 Å². The number of hydrogen-bond acceptors (Lipinski definition) is 3. The van der Waals surface area contributed by atoms with Gasteiger partial charge in [-0.1, -0.05) is 6.07 Å². The molecule has 0 radical (unpaired) electrons. The molecule has 0 aliphatic rings. The smallest absolute Gasteiger partial charge is 0.314 e. The van der Waals surface area contributed by atoms with E-state index in [1.807, 2.05) is 25.1 Å². The molecule has 0 unspecified atom stereocenters. The fourth-order valence-corrected chi connectivity index (χ4v) is 1.71. The molecule has 0 saturated heterocycles. The molecule has 1 rings (SSSR count). The zero-order valence-corrected chi connectivity index (χ0v) is 11.7. The summed E-state index contributed by atoms with van der Waals surface area (Å²) in [4.78, 5) is 26.0. The molecular formula is C14H21N3O3. The first kappa shape index (κ1) is 15.9. The van der Waals surface area contributed by atoms with Gasteiger partial charge in [-0.05, 0) is 38.3 Å². The maximum Gasteiger partial charge on any atom is 0.314 e. The Morgan fingerprint density at radius 2 is 1.90 bits per heavy atom. The van der Waals surface area contributed by atoms with Crippen LogP contribution in [-0.2, 0) is 11.2 Å². The number of aromatic nitrogens is 1. The van der Waals surface area contributed by atoms with Crippen molar-refractivity contribution in [1.29, 1.82) is 0 Å². The number of aryl methyl sites for hydroxylation is 2. The van der Waals surface area contributed by atoms with Crippen LogP contribution in [0.3, 0.4) is 0 Å². The number of aliphatic carboxylic acids is 1. The summed E-state index contributed by atoms with van der Waals surface area (Å²) in [6.07, 6.45) is 2.15. The molecule has 0 aliphatic heterocycles. The molecule has 0 aromatic carbocycles. The highest BCUT2D eigenvalue weighted by atomic mass is 16.4. The second kappa shape index (κ2) is 8.90. The van der Waals surface area contributed by atoms with Crippen LogP contribution < -0.4 is 10.6 Å². The van der Waals surface area contributed by atoms with Crippen LogP contribution in [0.2, 0.25) is 0 Å². The third kappa shape index (κ3) is 7.35. The Morgan fingerprint density at radius 1 is 1.20 bits per heavy atom. The van der Waals surface area contributed by atoms with Gasteiger partial charge in [-0.2, -0.15) is 0 Å². The highest BCUT2D eigenvalue weighted by molar-refractivity contribution is 5.73. The number of nitrogens with zero attached hydrogens (tertiary/aromatic N) is 1. The van der Waals surface area contributed by atoms with E-state index in [4.69, 9.17) is 5.11 Å². The van der Waals surface area contributed by atoms with Gasteiger partial charge in [0.15, 0.2) is 0 Å². The Kier molecular flexibility index (Phi) is 7.10. The molecule has 20 heavy (non-hydrogen) atoms. The number of rotatable bonds is 8. The standard InChI is InChI=1S/C14H21N3O3/c1-11-5-2-6-12(17-11)7-3-9-15-14(20)16-10-4-8-13(18)19/h2,5-6H,3-4,7-10H2,1H3,(H,18,19)(H2,15,16,20). The Morgan fingerprint density at radius 3 is 2.55 bits per heavy atom. The number of nitrogens with one attached hydrogen (secondary N) is 2. The number of carboxylic acids is 1. The molecule has 0 atom stereocenters. The topological polar surface area (TPSA) is 91.3 Å². The van der Waals surface area contributed by atoms with E-state index in [1.54, 1.807) is 0 Å². The first-order valence-electron chi connectivity index (χ1n) is 6.74. The maximum atomic E-state index is 11.4. The van der Waals surface area contributed by atoms with Gasteiger partial charge >= 0.3 is 12.0 Å². The molecule has 6 heteroatoms. The lowest BCUT2D eigenvalue weighted by Gasteiger charge is -2.07. The van der Waals surface area contributed by atoms with Crippen LogP contribution in [0.4, 0.5) is 4.79 Å². The van der Waals surface area contributed by atoms with Crippen molar-refractivity contribution in [3.8, 4) is 0 Å². The van der Waals surface area contributed by atoms with Gasteiger partial charge in [0.25, 0.3) is 0 Å². The molecule has 6 nitrogen and oxygen atoms in total. The minimum absolute atomic E-state index is 0.0688. The van der Waals surface area contributed by atoms with Crippen LogP contribution in [0, 0.1) is 6.92 Å². The summed E-state index contributed by atoms with van der Waals surface area (Å²) in [5.74, 6) is -0.849. The van der Waals surface area contributed by atoms with Crippen molar-refractivity contribution >= 4 is 12.0 Å². The number of hydrogen-bond donors (Lipinski definition) is 3. The fourth-order valence-electron chi connectivity index (χ4n) is 1.71. The SMILES string of the molecule is Cc1cccc(CCCNC(=O)NCCCC(=O)O)n1. The molecular weight excluding hydrogens is 258 g/mol. The Balaban J connectivity index is 2.06. The van der Waals surface area contributed by atoms with Gasteiger partial charge in [-0.3, -0.25) is 9.78 Å². The van der Waals surface area contributed by atoms with E-state index in [-0.39, 0.29) is 12.5 Å². The maximum absolute atomic E-state index is 11.4. The first-order valence-corrected chi connectivity index (χ1v) is 6.74. The molecule has 0 aliphatic carbocycles. The zero-order chi connectivity index (χ0) is 14.8. The van der Waals surface area contributed by atoms with Crippen LogP contribution in [0.5, 0.6) is 0 Å². The minimum Gasteiger partial charge on any atom is -0.481 e. The van der Waals surface area contributed by atoms with E-state index in [2.05, 4.69) is 15.6 Å². The van der Waals surface area contributed by atoms with Crippen LogP contribution in [-0.4, -0.2) is 35.2 Å². The van der Waals surface area contributed by atoms with Crippen molar-refractivity contribution in [3.05, 3.63) is 29.6 Å². The average molecular weight is 279 g/mol. The van der Waals surface area contributed by atoms with Gasteiger partial charge in [0, 0.05) is 30.9 Å². The van der Waals surface area contributed by atoms with Gasteiger partial charge in [0.05, 0.1) is 0 Å². The third-order valence-corrected chi connectivity index (χ3v) is 2.69. The predicted molar refractivity (Wildman–Crippen MR) is 75.6 cm³/mol. The molecule has 3 N–H and O–H groups in total. The average Bonchev–Trinajstić information content (AvgIpc) is 2.40. The van der Waals surface area contributed by atoms with E-state index in [9.17, 15) is 9.59 Å². The largest absolute Gasteiger partial charge is 0.481 e. The van der Waals surface area contributed by atoms with E-state index in [0.29, 0.717) is 19.5 Å². The predicted octanol–water partition coefficient (Wildman–Crippen LogP) is 1.49. The third-order valence-electron chi connectivity index (χ3n) is 2.69. The van der Waals surface area contributed by atoms with Gasteiger partial charge in [-0.25, -0.2) is 4.79 Å².